The van der Waals surface area contributed by atoms with Crippen molar-refractivity contribution in [3.8, 4) is 0 Å². The highest BCUT2D eigenvalue weighted by Crippen LogP contribution is 2.32. The Kier molecular flexibility index (Phi) is 4.50. The zero-order valence-electron chi connectivity index (χ0n) is 11.5. The van der Waals surface area contributed by atoms with Gasteiger partial charge in [-0.05, 0) is 41.8 Å². The van der Waals surface area contributed by atoms with Gasteiger partial charge in [-0.15, -0.1) is 0 Å². The Hall–Kier alpha value is -2.04. The standard InChI is InChI=1S/C16H15F4N/c1-2-11-3-7-14(8-4-11)21-10-12-5-6-13(17)9-15(12)16(18,19)20/h3-9,21H,2,10H2,1H3. The molecule has 0 spiro atoms. The largest absolute Gasteiger partial charge is 0.416 e. The van der Waals surface area contributed by atoms with Crippen molar-refractivity contribution >= 4 is 5.69 Å². The smallest absolute Gasteiger partial charge is 0.381 e. The summed E-state index contributed by atoms with van der Waals surface area (Å²) in [5.74, 6) is -0.890. The van der Waals surface area contributed by atoms with Gasteiger partial charge in [0.1, 0.15) is 5.82 Å². The number of aryl methyl sites for hydroxylation is 1. The van der Waals surface area contributed by atoms with Crippen LogP contribution in [-0.4, -0.2) is 0 Å². The van der Waals surface area contributed by atoms with Gasteiger partial charge in [0.15, 0.2) is 0 Å². The lowest BCUT2D eigenvalue weighted by Gasteiger charge is -2.14. The summed E-state index contributed by atoms with van der Waals surface area (Å²) in [6, 6.07) is 10.2. The molecule has 0 atom stereocenters. The van der Waals surface area contributed by atoms with E-state index in [4.69, 9.17) is 0 Å². The van der Waals surface area contributed by atoms with Crippen molar-refractivity contribution in [1.29, 1.82) is 0 Å². The van der Waals surface area contributed by atoms with Crippen LogP contribution in [0, 0.1) is 5.82 Å². The zero-order valence-corrected chi connectivity index (χ0v) is 11.5. The molecular formula is C16H15F4N. The Balaban J connectivity index is 2.15. The topological polar surface area (TPSA) is 12.0 Å². The second kappa shape index (κ2) is 6.16. The molecule has 2 rings (SSSR count). The van der Waals surface area contributed by atoms with Crippen LogP contribution in [0.15, 0.2) is 42.5 Å². The lowest BCUT2D eigenvalue weighted by Crippen LogP contribution is -2.12. The molecule has 0 aromatic heterocycles. The van der Waals surface area contributed by atoms with E-state index in [-0.39, 0.29) is 12.1 Å². The van der Waals surface area contributed by atoms with Crippen LogP contribution in [0.3, 0.4) is 0 Å². The van der Waals surface area contributed by atoms with Crippen LogP contribution in [-0.2, 0) is 19.1 Å². The Morgan fingerprint density at radius 2 is 1.67 bits per heavy atom. The van der Waals surface area contributed by atoms with E-state index in [0.717, 1.165) is 29.8 Å². The second-order valence-electron chi connectivity index (χ2n) is 4.70. The molecule has 1 N–H and O–H groups in total. The molecule has 0 aliphatic carbocycles. The molecule has 0 unspecified atom stereocenters. The van der Waals surface area contributed by atoms with E-state index in [1.165, 1.54) is 0 Å². The number of halogens is 4. The third kappa shape index (κ3) is 3.97. The summed E-state index contributed by atoms with van der Waals surface area (Å²) in [4.78, 5) is 0. The molecule has 0 aliphatic rings. The van der Waals surface area contributed by atoms with Crippen LogP contribution in [0.25, 0.3) is 0 Å². The molecule has 0 fully saturated rings. The molecule has 0 bridgehead atoms. The Morgan fingerprint density at radius 3 is 2.24 bits per heavy atom. The van der Waals surface area contributed by atoms with Crippen LogP contribution in [0.1, 0.15) is 23.6 Å². The number of hydrogen-bond acceptors (Lipinski definition) is 1. The van der Waals surface area contributed by atoms with E-state index in [1.807, 2.05) is 31.2 Å². The number of hydrogen-bond donors (Lipinski definition) is 1. The van der Waals surface area contributed by atoms with Gasteiger partial charge >= 0.3 is 6.18 Å². The molecule has 0 radical (unpaired) electrons. The Labute approximate surface area is 120 Å². The molecule has 5 heteroatoms. The maximum absolute atomic E-state index is 13.0. The van der Waals surface area contributed by atoms with E-state index < -0.39 is 17.6 Å². The van der Waals surface area contributed by atoms with Crippen molar-refractivity contribution in [2.45, 2.75) is 26.1 Å². The number of alkyl halides is 3. The van der Waals surface area contributed by atoms with Crippen LogP contribution >= 0.6 is 0 Å². The average Bonchev–Trinajstić information content (AvgIpc) is 2.45. The lowest BCUT2D eigenvalue weighted by atomic mass is 10.1. The maximum atomic E-state index is 13.0. The first-order valence-corrected chi connectivity index (χ1v) is 6.58. The summed E-state index contributed by atoms with van der Waals surface area (Å²) in [5, 5.41) is 2.92. The minimum atomic E-state index is -4.56. The fraction of sp³-hybridized carbons (Fsp3) is 0.250. The van der Waals surface area contributed by atoms with E-state index in [1.54, 1.807) is 0 Å². The number of benzene rings is 2. The fourth-order valence-electron chi connectivity index (χ4n) is 2.02. The Bertz CT molecular complexity index is 603. The van der Waals surface area contributed by atoms with Crippen LogP contribution < -0.4 is 5.32 Å². The van der Waals surface area contributed by atoms with Gasteiger partial charge in [-0.1, -0.05) is 25.1 Å². The van der Waals surface area contributed by atoms with Crippen molar-refractivity contribution in [3.63, 3.8) is 0 Å². The van der Waals surface area contributed by atoms with Gasteiger partial charge < -0.3 is 5.32 Å². The van der Waals surface area contributed by atoms with Crippen LogP contribution in [0.5, 0.6) is 0 Å². The molecule has 21 heavy (non-hydrogen) atoms. The molecular weight excluding hydrogens is 282 g/mol. The number of anilines is 1. The van der Waals surface area contributed by atoms with E-state index >= 15 is 0 Å². The molecule has 0 aliphatic heterocycles. The van der Waals surface area contributed by atoms with Gasteiger partial charge in [-0.25, -0.2) is 4.39 Å². The molecule has 0 saturated heterocycles. The van der Waals surface area contributed by atoms with Gasteiger partial charge in [0.05, 0.1) is 5.56 Å². The van der Waals surface area contributed by atoms with Crippen LogP contribution in [0.2, 0.25) is 0 Å². The predicted molar refractivity (Wildman–Crippen MR) is 74.5 cm³/mol. The van der Waals surface area contributed by atoms with Crippen molar-refractivity contribution in [1.82, 2.24) is 0 Å². The zero-order chi connectivity index (χ0) is 15.5. The summed E-state index contributed by atoms with van der Waals surface area (Å²) in [7, 11) is 0. The highest BCUT2D eigenvalue weighted by Gasteiger charge is 2.33. The average molecular weight is 297 g/mol. The lowest BCUT2D eigenvalue weighted by molar-refractivity contribution is -0.138. The normalized spacial score (nSPS) is 11.5. The van der Waals surface area contributed by atoms with E-state index in [9.17, 15) is 17.6 Å². The number of rotatable bonds is 4. The van der Waals surface area contributed by atoms with Crippen molar-refractivity contribution < 1.29 is 17.6 Å². The van der Waals surface area contributed by atoms with Crippen molar-refractivity contribution in [3.05, 3.63) is 65.0 Å². The Morgan fingerprint density at radius 1 is 1.00 bits per heavy atom. The molecule has 2 aromatic rings. The van der Waals surface area contributed by atoms with Gasteiger partial charge in [-0.2, -0.15) is 13.2 Å². The molecule has 112 valence electrons. The third-order valence-corrected chi connectivity index (χ3v) is 3.22. The minimum Gasteiger partial charge on any atom is -0.381 e. The van der Waals surface area contributed by atoms with Crippen molar-refractivity contribution in [2.75, 3.05) is 5.32 Å². The van der Waals surface area contributed by atoms with E-state index in [0.29, 0.717) is 6.07 Å². The summed E-state index contributed by atoms with van der Waals surface area (Å²) in [6.07, 6.45) is -3.67. The van der Waals surface area contributed by atoms with Gasteiger partial charge in [0, 0.05) is 12.2 Å². The molecule has 0 amide bonds. The van der Waals surface area contributed by atoms with Gasteiger partial charge in [0.25, 0.3) is 0 Å². The highest BCUT2D eigenvalue weighted by molar-refractivity contribution is 5.46. The summed E-state index contributed by atoms with van der Waals surface area (Å²) < 4.78 is 51.6. The number of nitrogens with one attached hydrogen (secondary N) is 1. The van der Waals surface area contributed by atoms with Gasteiger partial charge in [-0.3, -0.25) is 0 Å². The molecule has 1 nitrogen and oxygen atoms in total. The maximum Gasteiger partial charge on any atom is 0.416 e. The van der Waals surface area contributed by atoms with Gasteiger partial charge in [0.2, 0.25) is 0 Å². The highest BCUT2D eigenvalue weighted by atomic mass is 19.4. The minimum absolute atomic E-state index is 0.0133. The summed E-state index contributed by atoms with van der Waals surface area (Å²) in [6.45, 7) is 2.01. The summed E-state index contributed by atoms with van der Waals surface area (Å²) in [5.41, 5.74) is 0.951. The summed E-state index contributed by atoms with van der Waals surface area (Å²) >= 11 is 0. The first-order valence-electron chi connectivity index (χ1n) is 6.58. The third-order valence-electron chi connectivity index (χ3n) is 3.22. The predicted octanol–water partition coefficient (Wildman–Crippen LogP) is 5.02. The fourth-order valence-corrected chi connectivity index (χ4v) is 2.02. The molecule has 0 saturated carbocycles. The first-order chi connectivity index (χ1) is 9.90. The van der Waals surface area contributed by atoms with Crippen molar-refractivity contribution in [2.24, 2.45) is 0 Å². The first kappa shape index (κ1) is 15.4. The SMILES string of the molecule is CCc1ccc(NCc2ccc(F)cc2C(F)(F)F)cc1. The second-order valence-corrected chi connectivity index (χ2v) is 4.70. The molecule has 2 aromatic carbocycles. The van der Waals surface area contributed by atoms with Crippen LogP contribution in [0.4, 0.5) is 23.2 Å². The monoisotopic (exact) mass is 297 g/mol. The van der Waals surface area contributed by atoms with E-state index in [2.05, 4.69) is 5.32 Å². The molecule has 0 heterocycles. The quantitative estimate of drug-likeness (QED) is 0.781.